The second-order valence-corrected chi connectivity index (χ2v) is 5.02. The highest BCUT2D eigenvalue weighted by atomic mass is 16.5. The molecular formula is C15H21NO3. The molecule has 1 fully saturated rings. The van der Waals surface area contributed by atoms with Crippen LogP contribution in [0.2, 0.25) is 0 Å². The fourth-order valence-electron chi connectivity index (χ4n) is 2.45. The summed E-state index contributed by atoms with van der Waals surface area (Å²) in [7, 11) is 1.35. The van der Waals surface area contributed by atoms with Gasteiger partial charge < -0.3 is 9.47 Å². The predicted molar refractivity (Wildman–Crippen MR) is 72.3 cm³/mol. The molecule has 1 saturated carbocycles. The third kappa shape index (κ3) is 4.23. The van der Waals surface area contributed by atoms with Crippen LogP contribution in [0, 0.1) is 5.92 Å². The molecule has 0 spiro atoms. The van der Waals surface area contributed by atoms with E-state index in [9.17, 15) is 4.79 Å². The molecule has 0 radical (unpaired) electrons. The van der Waals surface area contributed by atoms with E-state index in [1.165, 1.54) is 45.6 Å². The second kappa shape index (κ2) is 7.12. The van der Waals surface area contributed by atoms with Crippen molar-refractivity contribution in [3.8, 4) is 5.88 Å². The fraction of sp³-hybridized carbons (Fsp3) is 0.600. The Morgan fingerprint density at radius 1 is 1.26 bits per heavy atom. The summed E-state index contributed by atoms with van der Waals surface area (Å²) in [5, 5.41) is 0. The summed E-state index contributed by atoms with van der Waals surface area (Å²) in [6.07, 6.45) is 7.74. The molecule has 0 aromatic carbocycles. The average Bonchev–Trinajstić information content (AvgIpc) is 2.73. The minimum absolute atomic E-state index is 0.292. The zero-order valence-electron chi connectivity index (χ0n) is 11.4. The number of ether oxygens (including phenoxy) is 2. The van der Waals surface area contributed by atoms with Crippen molar-refractivity contribution in [2.75, 3.05) is 13.7 Å². The fourth-order valence-corrected chi connectivity index (χ4v) is 2.45. The Balaban J connectivity index is 1.89. The van der Waals surface area contributed by atoms with Crippen molar-refractivity contribution in [1.29, 1.82) is 0 Å². The normalized spacial score (nSPS) is 16.7. The summed E-state index contributed by atoms with van der Waals surface area (Å²) in [4.78, 5) is 15.5. The third-order valence-corrected chi connectivity index (χ3v) is 3.56. The number of esters is 1. The number of methoxy groups -OCH3 is 1. The third-order valence-electron chi connectivity index (χ3n) is 3.56. The molecule has 19 heavy (non-hydrogen) atoms. The lowest BCUT2D eigenvalue weighted by Gasteiger charge is -2.14. The van der Waals surface area contributed by atoms with Crippen molar-refractivity contribution >= 4 is 5.97 Å². The molecule has 1 aromatic heterocycles. The highest BCUT2D eigenvalue weighted by Crippen LogP contribution is 2.23. The first-order valence-electron chi connectivity index (χ1n) is 6.98. The van der Waals surface area contributed by atoms with E-state index < -0.39 is 5.97 Å². The summed E-state index contributed by atoms with van der Waals surface area (Å²) in [6, 6.07) is 5.18. The predicted octanol–water partition coefficient (Wildman–Crippen LogP) is 3.22. The number of hydrogen-bond donors (Lipinski definition) is 0. The molecule has 0 saturated heterocycles. The summed E-state index contributed by atoms with van der Waals surface area (Å²) in [5.74, 6) is 0.693. The first-order valence-corrected chi connectivity index (χ1v) is 6.98. The Bertz CT molecular complexity index is 412. The van der Waals surface area contributed by atoms with Crippen LogP contribution in [0.1, 0.15) is 49.0 Å². The van der Waals surface area contributed by atoms with Gasteiger partial charge in [-0.15, -0.1) is 0 Å². The molecular weight excluding hydrogens is 242 g/mol. The van der Waals surface area contributed by atoms with Gasteiger partial charge in [-0.2, -0.15) is 0 Å². The van der Waals surface area contributed by atoms with Crippen LogP contribution in [0.15, 0.2) is 18.2 Å². The van der Waals surface area contributed by atoms with Crippen LogP contribution in [0.3, 0.4) is 0 Å². The SMILES string of the molecule is COC(=O)c1cccc(OCC2CCCCCC2)n1. The van der Waals surface area contributed by atoms with Gasteiger partial charge in [0.15, 0.2) is 5.69 Å². The van der Waals surface area contributed by atoms with Crippen molar-refractivity contribution in [2.45, 2.75) is 38.5 Å². The van der Waals surface area contributed by atoms with Gasteiger partial charge in [-0.25, -0.2) is 9.78 Å². The number of hydrogen-bond acceptors (Lipinski definition) is 4. The van der Waals surface area contributed by atoms with Crippen molar-refractivity contribution in [3.63, 3.8) is 0 Å². The first kappa shape index (κ1) is 13.8. The molecule has 1 heterocycles. The van der Waals surface area contributed by atoms with E-state index in [4.69, 9.17) is 4.74 Å². The van der Waals surface area contributed by atoms with Gasteiger partial charge in [0.25, 0.3) is 0 Å². The maximum Gasteiger partial charge on any atom is 0.356 e. The summed E-state index contributed by atoms with van der Waals surface area (Å²) in [5.41, 5.74) is 0.292. The highest BCUT2D eigenvalue weighted by Gasteiger charge is 2.14. The van der Waals surface area contributed by atoms with Gasteiger partial charge in [0.2, 0.25) is 5.88 Å². The van der Waals surface area contributed by atoms with E-state index in [2.05, 4.69) is 9.72 Å². The van der Waals surface area contributed by atoms with Crippen molar-refractivity contribution in [2.24, 2.45) is 5.92 Å². The lowest BCUT2D eigenvalue weighted by molar-refractivity contribution is 0.0592. The molecule has 0 bridgehead atoms. The monoisotopic (exact) mass is 263 g/mol. The van der Waals surface area contributed by atoms with Crippen LogP contribution in [0.5, 0.6) is 5.88 Å². The first-order chi connectivity index (χ1) is 9.29. The van der Waals surface area contributed by atoms with Crippen molar-refractivity contribution in [1.82, 2.24) is 4.98 Å². The Morgan fingerprint density at radius 2 is 2.00 bits per heavy atom. The minimum atomic E-state index is -0.431. The smallest absolute Gasteiger partial charge is 0.356 e. The van der Waals surface area contributed by atoms with E-state index in [0.29, 0.717) is 24.1 Å². The number of carbonyl (C=O) groups is 1. The van der Waals surface area contributed by atoms with Gasteiger partial charge in [-0.1, -0.05) is 31.7 Å². The Kier molecular flexibility index (Phi) is 5.19. The summed E-state index contributed by atoms with van der Waals surface area (Å²) in [6.45, 7) is 0.692. The van der Waals surface area contributed by atoms with Crippen molar-refractivity contribution in [3.05, 3.63) is 23.9 Å². The molecule has 1 aromatic rings. The number of aromatic nitrogens is 1. The molecule has 4 heteroatoms. The van der Waals surface area contributed by atoms with Gasteiger partial charge in [0, 0.05) is 6.07 Å². The molecule has 0 amide bonds. The summed E-state index contributed by atoms with van der Waals surface area (Å²) < 4.78 is 10.4. The number of nitrogens with zero attached hydrogens (tertiary/aromatic N) is 1. The molecule has 0 N–H and O–H groups in total. The summed E-state index contributed by atoms with van der Waals surface area (Å²) >= 11 is 0. The molecule has 1 aliphatic carbocycles. The van der Waals surface area contributed by atoms with Crippen LogP contribution in [0.25, 0.3) is 0 Å². The van der Waals surface area contributed by atoms with Gasteiger partial charge in [0.1, 0.15) is 0 Å². The average molecular weight is 263 g/mol. The van der Waals surface area contributed by atoms with E-state index in [1.807, 2.05) is 0 Å². The van der Waals surface area contributed by atoms with E-state index in [-0.39, 0.29) is 0 Å². The van der Waals surface area contributed by atoms with E-state index in [0.717, 1.165) is 0 Å². The largest absolute Gasteiger partial charge is 0.477 e. The quantitative estimate of drug-likeness (QED) is 0.618. The Morgan fingerprint density at radius 3 is 2.68 bits per heavy atom. The number of rotatable bonds is 4. The van der Waals surface area contributed by atoms with E-state index in [1.54, 1.807) is 18.2 Å². The van der Waals surface area contributed by atoms with Crippen LogP contribution in [-0.4, -0.2) is 24.7 Å². The van der Waals surface area contributed by atoms with Gasteiger partial charge in [0.05, 0.1) is 13.7 Å². The van der Waals surface area contributed by atoms with Crippen LogP contribution >= 0.6 is 0 Å². The van der Waals surface area contributed by atoms with Gasteiger partial charge in [-0.3, -0.25) is 0 Å². The molecule has 0 atom stereocenters. The lowest BCUT2D eigenvalue weighted by Crippen LogP contribution is -2.13. The molecule has 0 aliphatic heterocycles. The molecule has 4 nitrogen and oxygen atoms in total. The molecule has 1 aliphatic rings. The standard InChI is InChI=1S/C15H21NO3/c1-18-15(17)13-9-6-10-14(16-13)19-11-12-7-4-2-3-5-8-12/h6,9-10,12H,2-5,7-8,11H2,1H3. The van der Waals surface area contributed by atoms with E-state index >= 15 is 0 Å². The molecule has 2 rings (SSSR count). The second-order valence-electron chi connectivity index (χ2n) is 5.02. The Hall–Kier alpha value is -1.58. The zero-order chi connectivity index (χ0) is 13.5. The van der Waals surface area contributed by atoms with Crippen molar-refractivity contribution < 1.29 is 14.3 Å². The minimum Gasteiger partial charge on any atom is -0.477 e. The van der Waals surface area contributed by atoms with Gasteiger partial charge >= 0.3 is 5.97 Å². The maximum absolute atomic E-state index is 11.4. The lowest BCUT2D eigenvalue weighted by atomic mass is 10.0. The van der Waals surface area contributed by atoms with Gasteiger partial charge in [-0.05, 0) is 24.8 Å². The molecule has 104 valence electrons. The zero-order valence-corrected chi connectivity index (χ0v) is 11.4. The Labute approximate surface area is 114 Å². The highest BCUT2D eigenvalue weighted by molar-refractivity contribution is 5.87. The van der Waals surface area contributed by atoms with Crippen LogP contribution in [-0.2, 0) is 4.74 Å². The van der Waals surface area contributed by atoms with Crippen LogP contribution < -0.4 is 4.74 Å². The van der Waals surface area contributed by atoms with Crippen LogP contribution in [0.4, 0.5) is 0 Å². The molecule has 0 unspecified atom stereocenters. The number of pyridine rings is 1. The maximum atomic E-state index is 11.4. The number of carbonyl (C=O) groups excluding carboxylic acids is 1. The topological polar surface area (TPSA) is 48.4 Å².